The van der Waals surface area contributed by atoms with Crippen LogP contribution in [0.5, 0.6) is 17.2 Å². The molecule has 146 valence electrons. The first-order chi connectivity index (χ1) is 13.4. The number of carbonyl (C=O) groups is 1. The number of nitrogens with zero attached hydrogens (tertiary/aromatic N) is 1. The van der Waals surface area contributed by atoms with Crippen LogP contribution in [0.15, 0.2) is 34.3 Å². The Morgan fingerprint density at radius 3 is 2.43 bits per heavy atom. The molecule has 1 aliphatic rings. The van der Waals surface area contributed by atoms with Gasteiger partial charge in [0.05, 0.1) is 30.7 Å². The third-order valence-electron chi connectivity index (χ3n) is 4.64. The van der Waals surface area contributed by atoms with Crippen LogP contribution in [0.1, 0.15) is 27.9 Å². The Balaban J connectivity index is 2.14. The number of ether oxygens (including phenoxy) is 3. The summed E-state index contributed by atoms with van der Waals surface area (Å²) in [5, 5.41) is 11.4. The van der Waals surface area contributed by atoms with Crippen LogP contribution in [-0.4, -0.2) is 32.0 Å². The van der Waals surface area contributed by atoms with Crippen molar-refractivity contribution in [3.8, 4) is 17.2 Å². The maximum atomic E-state index is 13.0. The van der Waals surface area contributed by atoms with Crippen molar-refractivity contribution in [3.05, 3.63) is 61.1 Å². The molecule has 7 nitrogen and oxygen atoms in total. The fourth-order valence-electron chi connectivity index (χ4n) is 3.32. The van der Waals surface area contributed by atoms with E-state index in [4.69, 9.17) is 14.2 Å². The normalized spacial score (nSPS) is 14.6. The zero-order valence-corrected chi connectivity index (χ0v) is 17.2. The molecular weight excluding hydrogens is 430 g/mol. The van der Waals surface area contributed by atoms with E-state index < -0.39 is 4.92 Å². The Kier molecular flexibility index (Phi) is 5.69. The van der Waals surface area contributed by atoms with Gasteiger partial charge in [0, 0.05) is 11.6 Å². The van der Waals surface area contributed by atoms with Gasteiger partial charge in [-0.1, -0.05) is 12.1 Å². The molecule has 0 saturated heterocycles. The van der Waals surface area contributed by atoms with E-state index >= 15 is 0 Å². The minimum Gasteiger partial charge on any atom is -0.493 e. The van der Waals surface area contributed by atoms with E-state index in [1.807, 2.05) is 0 Å². The number of carbonyl (C=O) groups excluding carboxylic acids is 1. The molecule has 1 aliphatic carbocycles. The third-order valence-corrected chi connectivity index (χ3v) is 5.45. The van der Waals surface area contributed by atoms with E-state index in [-0.39, 0.29) is 17.0 Å². The number of rotatable bonds is 5. The Bertz CT molecular complexity index is 999. The topological polar surface area (TPSA) is 87.9 Å². The van der Waals surface area contributed by atoms with Crippen LogP contribution in [-0.2, 0) is 6.42 Å². The number of nitro groups is 1. The molecule has 0 spiro atoms. The van der Waals surface area contributed by atoms with E-state index in [2.05, 4.69) is 15.9 Å². The van der Waals surface area contributed by atoms with Gasteiger partial charge in [-0.15, -0.1) is 0 Å². The predicted octanol–water partition coefficient (Wildman–Crippen LogP) is 4.60. The standard InChI is InChI=1S/C20H18BrNO6/c1-26-15-10-13(17(21)20(28-3)19(15)27-2)9-12-8-7-11-5-4-6-14(22(24)25)16(11)18(12)23/h4-6,9-10H,7-8H2,1-3H3. The van der Waals surface area contributed by atoms with Gasteiger partial charge >= 0.3 is 0 Å². The predicted molar refractivity (Wildman–Crippen MR) is 108 cm³/mol. The minimum absolute atomic E-state index is 0.161. The van der Waals surface area contributed by atoms with Crippen LogP contribution in [0, 0.1) is 10.1 Å². The molecule has 0 heterocycles. The number of halogens is 1. The second-order valence-corrected chi connectivity index (χ2v) is 6.91. The quantitative estimate of drug-likeness (QED) is 0.378. The summed E-state index contributed by atoms with van der Waals surface area (Å²) in [6, 6.07) is 6.44. The van der Waals surface area contributed by atoms with Crippen LogP contribution < -0.4 is 14.2 Å². The van der Waals surface area contributed by atoms with E-state index in [9.17, 15) is 14.9 Å². The van der Waals surface area contributed by atoms with E-state index in [1.165, 1.54) is 27.4 Å². The molecule has 0 radical (unpaired) electrons. The first kappa shape index (κ1) is 19.9. The molecule has 0 unspecified atom stereocenters. The van der Waals surface area contributed by atoms with Crippen LogP contribution in [0.2, 0.25) is 0 Å². The van der Waals surface area contributed by atoms with Gasteiger partial charge in [0.15, 0.2) is 17.3 Å². The molecule has 0 saturated carbocycles. The van der Waals surface area contributed by atoms with Crippen LogP contribution in [0.4, 0.5) is 5.69 Å². The number of methoxy groups -OCH3 is 3. The Morgan fingerprint density at radius 2 is 1.82 bits per heavy atom. The molecule has 0 aromatic heterocycles. The number of nitro benzene ring substituents is 1. The molecular formula is C20H18BrNO6. The van der Waals surface area contributed by atoms with Crippen molar-refractivity contribution in [1.29, 1.82) is 0 Å². The molecule has 3 rings (SSSR count). The van der Waals surface area contributed by atoms with Gasteiger partial charge in [-0.2, -0.15) is 0 Å². The number of aryl methyl sites for hydroxylation is 1. The summed E-state index contributed by atoms with van der Waals surface area (Å²) >= 11 is 3.49. The van der Waals surface area contributed by atoms with Crippen molar-refractivity contribution in [1.82, 2.24) is 0 Å². The van der Waals surface area contributed by atoms with Crippen molar-refractivity contribution in [2.45, 2.75) is 12.8 Å². The lowest BCUT2D eigenvalue weighted by atomic mass is 9.85. The maximum absolute atomic E-state index is 13.0. The SMILES string of the molecule is COc1cc(C=C2CCc3cccc([N+](=O)[O-])c3C2=O)c(Br)c(OC)c1OC. The fourth-order valence-corrected chi connectivity index (χ4v) is 3.89. The fraction of sp³-hybridized carbons (Fsp3) is 0.250. The van der Waals surface area contributed by atoms with E-state index in [0.717, 1.165) is 0 Å². The number of benzene rings is 2. The van der Waals surface area contributed by atoms with Crippen molar-refractivity contribution in [2.24, 2.45) is 0 Å². The molecule has 0 atom stereocenters. The van der Waals surface area contributed by atoms with Gasteiger partial charge in [-0.3, -0.25) is 14.9 Å². The second-order valence-electron chi connectivity index (χ2n) is 6.12. The molecule has 0 amide bonds. The monoisotopic (exact) mass is 447 g/mol. The maximum Gasteiger partial charge on any atom is 0.280 e. The van der Waals surface area contributed by atoms with Crippen LogP contribution >= 0.6 is 15.9 Å². The number of allylic oxidation sites excluding steroid dienone is 1. The van der Waals surface area contributed by atoms with Gasteiger partial charge in [0.2, 0.25) is 5.75 Å². The Hall–Kier alpha value is -2.87. The number of hydrogen-bond donors (Lipinski definition) is 0. The summed E-state index contributed by atoms with van der Waals surface area (Å²) in [6.07, 6.45) is 2.74. The zero-order valence-electron chi connectivity index (χ0n) is 15.6. The van der Waals surface area contributed by atoms with Crippen molar-refractivity contribution in [3.63, 3.8) is 0 Å². The van der Waals surface area contributed by atoms with Gasteiger partial charge in [-0.25, -0.2) is 0 Å². The minimum atomic E-state index is -0.519. The molecule has 0 bridgehead atoms. The van der Waals surface area contributed by atoms with Crippen molar-refractivity contribution in [2.75, 3.05) is 21.3 Å². The molecule has 28 heavy (non-hydrogen) atoms. The highest BCUT2D eigenvalue weighted by Gasteiger charge is 2.30. The lowest BCUT2D eigenvalue weighted by Crippen LogP contribution is -2.16. The van der Waals surface area contributed by atoms with E-state index in [0.29, 0.717) is 51.3 Å². The lowest BCUT2D eigenvalue weighted by Gasteiger charge is -2.19. The molecule has 0 fully saturated rings. The first-order valence-electron chi connectivity index (χ1n) is 8.42. The smallest absolute Gasteiger partial charge is 0.280 e. The first-order valence-corrected chi connectivity index (χ1v) is 9.22. The van der Waals surface area contributed by atoms with Gasteiger partial charge in [-0.05, 0) is 52.0 Å². The van der Waals surface area contributed by atoms with E-state index in [1.54, 1.807) is 24.3 Å². The molecule has 0 N–H and O–H groups in total. The summed E-state index contributed by atoms with van der Waals surface area (Å²) in [4.78, 5) is 23.9. The Morgan fingerprint density at radius 1 is 1.11 bits per heavy atom. The number of Topliss-reactive ketones (excluding diaryl/α,β-unsaturated/α-hetero) is 1. The summed E-state index contributed by atoms with van der Waals surface area (Å²) in [7, 11) is 4.52. The molecule has 0 aliphatic heterocycles. The summed E-state index contributed by atoms with van der Waals surface area (Å²) in [5.41, 5.74) is 1.82. The van der Waals surface area contributed by atoms with Gasteiger partial charge in [0.25, 0.3) is 5.69 Å². The number of hydrogen-bond acceptors (Lipinski definition) is 6. The summed E-state index contributed by atoms with van der Waals surface area (Å²) in [5.74, 6) is 0.969. The summed E-state index contributed by atoms with van der Waals surface area (Å²) < 4.78 is 16.7. The average Bonchev–Trinajstić information content (AvgIpc) is 2.70. The molecule has 2 aromatic carbocycles. The Labute approximate surface area is 170 Å². The lowest BCUT2D eigenvalue weighted by molar-refractivity contribution is -0.385. The number of fused-ring (bicyclic) bond motifs is 1. The molecule has 8 heteroatoms. The van der Waals surface area contributed by atoms with Crippen molar-refractivity contribution < 1.29 is 23.9 Å². The molecule has 2 aromatic rings. The third kappa shape index (κ3) is 3.35. The largest absolute Gasteiger partial charge is 0.493 e. The number of ketones is 1. The summed E-state index contributed by atoms with van der Waals surface area (Å²) in [6.45, 7) is 0. The van der Waals surface area contributed by atoms with Crippen LogP contribution in [0.25, 0.3) is 6.08 Å². The highest BCUT2D eigenvalue weighted by Crippen LogP contribution is 2.46. The van der Waals surface area contributed by atoms with Gasteiger partial charge in [0.1, 0.15) is 5.56 Å². The highest BCUT2D eigenvalue weighted by atomic mass is 79.9. The highest BCUT2D eigenvalue weighted by molar-refractivity contribution is 9.10. The average molecular weight is 448 g/mol. The van der Waals surface area contributed by atoms with Crippen LogP contribution in [0.3, 0.4) is 0 Å². The van der Waals surface area contributed by atoms with Crippen molar-refractivity contribution >= 4 is 33.5 Å². The zero-order chi connectivity index (χ0) is 20.4. The second kappa shape index (κ2) is 8.02. The van der Waals surface area contributed by atoms with Gasteiger partial charge < -0.3 is 14.2 Å².